The molecule has 0 bridgehead atoms. The summed E-state index contributed by atoms with van der Waals surface area (Å²) < 4.78 is 2.31. The Kier molecular flexibility index (Phi) is 3.67. The first-order valence-electron chi connectivity index (χ1n) is 6.55. The van der Waals surface area contributed by atoms with E-state index in [1.807, 2.05) is 6.92 Å². The molecule has 0 aliphatic rings. The molecule has 0 aliphatic carbocycles. The van der Waals surface area contributed by atoms with Crippen molar-refractivity contribution in [3.63, 3.8) is 0 Å². The first kappa shape index (κ1) is 13.4. The molecule has 2 aromatic rings. The van der Waals surface area contributed by atoms with Crippen LogP contribution in [-0.4, -0.2) is 9.55 Å². The first-order valence-corrected chi connectivity index (χ1v) is 6.98. The number of aryl methyl sites for hydroxylation is 1. The van der Waals surface area contributed by atoms with Gasteiger partial charge in [0.25, 0.3) is 0 Å². The summed E-state index contributed by atoms with van der Waals surface area (Å²) in [5.74, 6) is 1.53. The molecule has 0 N–H and O–H groups in total. The number of alkyl halides is 1. The van der Waals surface area contributed by atoms with Gasteiger partial charge in [0, 0.05) is 6.04 Å². The molecule has 1 aromatic heterocycles. The highest BCUT2D eigenvalue weighted by Crippen LogP contribution is 2.32. The van der Waals surface area contributed by atoms with Crippen LogP contribution in [0.15, 0.2) is 18.2 Å². The molecule has 0 aliphatic heterocycles. The van der Waals surface area contributed by atoms with E-state index < -0.39 is 0 Å². The topological polar surface area (TPSA) is 17.8 Å². The molecule has 0 spiro atoms. The van der Waals surface area contributed by atoms with Crippen LogP contribution in [0.1, 0.15) is 50.5 Å². The Morgan fingerprint density at radius 1 is 1.17 bits per heavy atom. The van der Waals surface area contributed by atoms with E-state index in [2.05, 4.69) is 50.5 Å². The fourth-order valence-corrected chi connectivity index (χ4v) is 2.48. The number of aromatic nitrogens is 2. The van der Waals surface area contributed by atoms with Crippen molar-refractivity contribution in [2.45, 2.75) is 46.0 Å². The van der Waals surface area contributed by atoms with E-state index in [0.29, 0.717) is 12.0 Å². The number of imidazole rings is 1. The standard InChI is InChI=1S/C15H21ClN2/c1-9(2)12(5)18-14-10(3)7-6-8-13(14)17-15(18)11(4)16/h6-9,11-12H,1-5H3. The molecule has 0 saturated heterocycles. The fourth-order valence-electron chi connectivity index (χ4n) is 2.33. The van der Waals surface area contributed by atoms with Crippen LogP contribution >= 0.6 is 11.6 Å². The summed E-state index contributed by atoms with van der Waals surface area (Å²) in [5, 5.41) is -0.0713. The number of hydrogen-bond donors (Lipinski definition) is 0. The number of nitrogens with zero attached hydrogens (tertiary/aromatic N) is 2. The summed E-state index contributed by atoms with van der Waals surface area (Å²) >= 11 is 6.30. The van der Waals surface area contributed by atoms with Crippen molar-refractivity contribution >= 4 is 22.6 Å². The van der Waals surface area contributed by atoms with Crippen molar-refractivity contribution in [3.8, 4) is 0 Å². The van der Waals surface area contributed by atoms with Crippen molar-refractivity contribution in [1.29, 1.82) is 0 Å². The molecule has 98 valence electrons. The van der Waals surface area contributed by atoms with Crippen LogP contribution in [0.4, 0.5) is 0 Å². The van der Waals surface area contributed by atoms with E-state index in [1.165, 1.54) is 11.1 Å². The molecule has 2 nitrogen and oxygen atoms in total. The van der Waals surface area contributed by atoms with Crippen molar-refractivity contribution in [1.82, 2.24) is 9.55 Å². The summed E-state index contributed by atoms with van der Waals surface area (Å²) in [7, 11) is 0. The third kappa shape index (κ3) is 2.14. The second-order valence-electron chi connectivity index (χ2n) is 5.38. The summed E-state index contributed by atoms with van der Waals surface area (Å²) in [6, 6.07) is 6.65. The molecule has 3 heteroatoms. The van der Waals surface area contributed by atoms with E-state index in [4.69, 9.17) is 16.6 Å². The zero-order valence-corrected chi connectivity index (χ0v) is 12.5. The molecule has 2 rings (SSSR count). The molecule has 1 heterocycles. The Balaban J connectivity index is 2.77. The second kappa shape index (κ2) is 4.93. The minimum Gasteiger partial charge on any atom is -0.323 e. The van der Waals surface area contributed by atoms with Gasteiger partial charge in [-0.3, -0.25) is 0 Å². The zero-order chi connectivity index (χ0) is 13.4. The van der Waals surface area contributed by atoms with E-state index in [-0.39, 0.29) is 5.38 Å². The van der Waals surface area contributed by atoms with Gasteiger partial charge in [0.2, 0.25) is 0 Å². The normalized spacial score (nSPS) is 15.3. The highest BCUT2D eigenvalue weighted by Gasteiger charge is 2.21. The molecular formula is C15H21ClN2. The van der Waals surface area contributed by atoms with Gasteiger partial charge in [-0.25, -0.2) is 4.98 Å². The Hall–Kier alpha value is -1.02. The van der Waals surface area contributed by atoms with Gasteiger partial charge in [-0.05, 0) is 38.3 Å². The van der Waals surface area contributed by atoms with Gasteiger partial charge in [-0.15, -0.1) is 11.6 Å². The number of rotatable bonds is 3. The summed E-state index contributed by atoms with van der Waals surface area (Å²) in [4.78, 5) is 4.71. The molecule has 2 unspecified atom stereocenters. The smallest absolute Gasteiger partial charge is 0.127 e. The Bertz CT molecular complexity index is 555. The Labute approximate surface area is 114 Å². The number of fused-ring (bicyclic) bond motifs is 1. The van der Waals surface area contributed by atoms with Crippen molar-refractivity contribution in [2.24, 2.45) is 5.92 Å². The molecule has 0 radical (unpaired) electrons. The molecule has 2 atom stereocenters. The molecule has 18 heavy (non-hydrogen) atoms. The number of benzene rings is 1. The number of hydrogen-bond acceptors (Lipinski definition) is 1. The third-order valence-electron chi connectivity index (χ3n) is 3.67. The minimum absolute atomic E-state index is 0.0713. The van der Waals surface area contributed by atoms with Gasteiger partial charge in [0.15, 0.2) is 0 Å². The number of para-hydroxylation sites is 1. The van der Waals surface area contributed by atoms with Crippen molar-refractivity contribution < 1.29 is 0 Å². The van der Waals surface area contributed by atoms with Gasteiger partial charge in [-0.2, -0.15) is 0 Å². The fraction of sp³-hybridized carbons (Fsp3) is 0.533. The van der Waals surface area contributed by atoms with Crippen molar-refractivity contribution in [2.75, 3.05) is 0 Å². The van der Waals surface area contributed by atoms with Crippen LogP contribution < -0.4 is 0 Å². The lowest BCUT2D eigenvalue weighted by Gasteiger charge is -2.22. The monoisotopic (exact) mass is 264 g/mol. The van der Waals surface area contributed by atoms with E-state index in [0.717, 1.165) is 11.3 Å². The highest BCUT2D eigenvalue weighted by molar-refractivity contribution is 6.20. The molecule has 0 saturated carbocycles. The van der Waals surface area contributed by atoms with Gasteiger partial charge in [-0.1, -0.05) is 26.0 Å². The maximum Gasteiger partial charge on any atom is 0.127 e. The molecule has 0 amide bonds. The zero-order valence-electron chi connectivity index (χ0n) is 11.7. The predicted molar refractivity (Wildman–Crippen MR) is 78.3 cm³/mol. The summed E-state index contributed by atoms with van der Waals surface area (Å²) in [5.41, 5.74) is 3.53. The van der Waals surface area contributed by atoms with E-state index in [9.17, 15) is 0 Å². The SMILES string of the molecule is Cc1cccc2nc(C(C)Cl)n(C(C)C(C)C)c12. The minimum atomic E-state index is -0.0713. The predicted octanol–water partition coefficient (Wildman–Crippen LogP) is 4.86. The molecule has 0 fully saturated rings. The Morgan fingerprint density at radius 2 is 1.83 bits per heavy atom. The van der Waals surface area contributed by atoms with Crippen LogP contribution in [0.3, 0.4) is 0 Å². The Morgan fingerprint density at radius 3 is 2.39 bits per heavy atom. The van der Waals surface area contributed by atoms with Crippen LogP contribution in [0.5, 0.6) is 0 Å². The second-order valence-corrected chi connectivity index (χ2v) is 6.04. The van der Waals surface area contributed by atoms with E-state index >= 15 is 0 Å². The van der Waals surface area contributed by atoms with Crippen LogP contribution in [0, 0.1) is 12.8 Å². The van der Waals surface area contributed by atoms with Gasteiger partial charge >= 0.3 is 0 Å². The molecular weight excluding hydrogens is 244 g/mol. The largest absolute Gasteiger partial charge is 0.323 e. The maximum absolute atomic E-state index is 6.30. The van der Waals surface area contributed by atoms with Gasteiger partial charge in [0.1, 0.15) is 5.82 Å². The lowest BCUT2D eigenvalue weighted by atomic mass is 10.1. The summed E-state index contributed by atoms with van der Waals surface area (Å²) in [6.07, 6.45) is 0. The summed E-state index contributed by atoms with van der Waals surface area (Å²) in [6.45, 7) is 10.8. The lowest BCUT2D eigenvalue weighted by molar-refractivity contribution is 0.405. The van der Waals surface area contributed by atoms with E-state index in [1.54, 1.807) is 0 Å². The van der Waals surface area contributed by atoms with Gasteiger partial charge in [0.05, 0.1) is 16.4 Å². The lowest BCUT2D eigenvalue weighted by Crippen LogP contribution is -2.15. The molecule has 1 aromatic carbocycles. The van der Waals surface area contributed by atoms with Crippen LogP contribution in [0.25, 0.3) is 11.0 Å². The number of halogens is 1. The van der Waals surface area contributed by atoms with Gasteiger partial charge < -0.3 is 4.57 Å². The van der Waals surface area contributed by atoms with Crippen molar-refractivity contribution in [3.05, 3.63) is 29.6 Å². The van der Waals surface area contributed by atoms with Crippen LogP contribution in [-0.2, 0) is 0 Å². The first-order chi connectivity index (χ1) is 8.43. The highest BCUT2D eigenvalue weighted by atomic mass is 35.5. The average molecular weight is 265 g/mol. The maximum atomic E-state index is 6.30. The van der Waals surface area contributed by atoms with Crippen LogP contribution in [0.2, 0.25) is 0 Å². The average Bonchev–Trinajstić information content (AvgIpc) is 2.68. The third-order valence-corrected chi connectivity index (χ3v) is 3.86. The quantitative estimate of drug-likeness (QED) is 0.724.